The van der Waals surface area contributed by atoms with Gasteiger partial charge in [-0.25, -0.2) is 4.79 Å². The van der Waals surface area contributed by atoms with Crippen LogP contribution in [0.15, 0.2) is 73.4 Å². The first kappa shape index (κ1) is 18.6. The maximum Gasteiger partial charge on any atom is 0.333 e. The SMILES string of the molecule is C=C(C)C(=O)OCCC.C=CC=CC=Cc1ccccc1. The van der Waals surface area contributed by atoms with Gasteiger partial charge in [0.05, 0.1) is 6.61 Å². The predicted molar refractivity (Wildman–Crippen MR) is 90.9 cm³/mol. The molecule has 0 heterocycles. The van der Waals surface area contributed by atoms with Crippen molar-refractivity contribution < 1.29 is 9.53 Å². The number of ether oxygens (including phenoxy) is 1. The molecule has 0 unspecified atom stereocenters. The number of carbonyl (C=O) groups is 1. The van der Waals surface area contributed by atoms with Gasteiger partial charge in [-0.1, -0.05) is 80.8 Å². The third-order valence-electron chi connectivity index (χ3n) is 2.23. The van der Waals surface area contributed by atoms with E-state index >= 15 is 0 Å². The molecule has 1 aromatic carbocycles. The number of benzene rings is 1. The highest BCUT2D eigenvalue weighted by Crippen LogP contribution is 2.00. The van der Waals surface area contributed by atoms with Crippen molar-refractivity contribution in [1.82, 2.24) is 0 Å². The van der Waals surface area contributed by atoms with E-state index in [4.69, 9.17) is 4.74 Å². The third-order valence-corrected chi connectivity index (χ3v) is 2.23. The second-order valence-corrected chi connectivity index (χ2v) is 4.31. The first-order valence-corrected chi connectivity index (χ1v) is 6.95. The molecule has 21 heavy (non-hydrogen) atoms. The summed E-state index contributed by atoms with van der Waals surface area (Å²) in [6, 6.07) is 10.2. The molecule has 0 amide bonds. The van der Waals surface area contributed by atoms with E-state index in [1.807, 2.05) is 43.4 Å². The summed E-state index contributed by atoms with van der Waals surface area (Å²) in [4.78, 5) is 10.6. The Labute approximate surface area is 128 Å². The lowest BCUT2D eigenvalue weighted by molar-refractivity contribution is -0.138. The van der Waals surface area contributed by atoms with Crippen LogP contribution < -0.4 is 0 Å². The number of esters is 1. The third kappa shape index (κ3) is 11.2. The van der Waals surface area contributed by atoms with Gasteiger partial charge in [-0.05, 0) is 18.9 Å². The monoisotopic (exact) mass is 284 g/mol. The van der Waals surface area contributed by atoms with E-state index in [0.29, 0.717) is 12.2 Å². The minimum atomic E-state index is -0.295. The summed E-state index contributed by atoms with van der Waals surface area (Å²) in [5, 5.41) is 0. The summed E-state index contributed by atoms with van der Waals surface area (Å²) in [5.41, 5.74) is 1.68. The Morgan fingerprint density at radius 1 is 1.19 bits per heavy atom. The van der Waals surface area contributed by atoms with E-state index in [2.05, 4.69) is 31.4 Å². The largest absolute Gasteiger partial charge is 0.462 e. The van der Waals surface area contributed by atoms with Crippen LogP contribution in [0, 0.1) is 0 Å². The number of allylic oxidation sites excluding steroid dienone is 4. The molecular formula is C19H24O2. The lowest BCUT2D eigenvalue weighted by atomic mass is 10.2. The molecule has 0 aliphatic carbocycles. The van der Waals surface area contributed by atoms with E-state index in [-0.39, 0.29) is 5.97 Å². The van der Waals surface area contributed by atoms with Crippen molar-refractivity contribution in [1.29, 1.82) is 0 Å². The maximum atomic E-state index is 10.6. The molecule has 0 N–H and O–H groups in total. The minimum Gasteiger partial charge on any atom is -0.462 e. The van der Waals surface area contributed by atoms with Gasteiger partial charge in [0.25, 0.3) is 0 Å². The fourth-order valence-electron chi connectivity index (χ4n) is 1.19. The fraction of sp³-hybridized carbons (Fsp3) is 0.211. The Hall–Kier alpha value is -2.35. The minimum absolute atomic E-state index is 0.295. The zero-order valence-electron chi connectivity index (χ0n) is 12.9. The van der Waals surface area contributed by atoms with Crippen molar-refractivity contribution in [2.45, 2.75) is 20.3 Å². The molecule has 0 bridgehead atoms. The Balaban J connectivity index is 0.000000400. The van der Waals surface area contributed by atoms with Crippen LogP contribution in [0.2, 0.25) is 0 Å². The zero-order chi connectivity index (χ0) is 15.9. The topological polar surface area (TPSA) is 26.3 Å². The zero-order valence-corrected chi connectivity index (χ0v) is 12.9. The molecule has 0 radical (unpaired) electrons. The van der Waals surface area contributed by atoms with Crippen LogP contribution in [0.25, 0.3) is 6.08 Å². The lowest BCUT2D eigenvalue weighted by Gasteiger charge is -1.99. The second-order valence-electron chi connectivity index (χ2n) is 4.31. The van der Waals surface area contributed by atoms with Crippen LogP contribution in [0.4, 0.5) is 0 Å². The van der Waals surface area contributed by atoms with Gasteiger partial charge in [0.2, 0.25) is 0 Å². The molecule has 0 spiro atoms. The van der Waals surface area contributed by atoms with E-state index in [0.717, 1.165) is 6.42 Å². The number of hydrogen-bond acceptors (Lipinski definition) is 2. The van der Waals surface area contributed by atoms with E-state index in [1.165, 1.54) is 5.56 Å². The first-order valence-electron chi connectivity index (χ1n) is 6.95. The molecule has 1 aromatic rings. The molecule has 0 atom stereocenters. The quantitative estimate of drug-likeness (QED) is 0.419. The maximum absolute atomic E-state index is 10.6. The second kappa shape index (κ2) is 12.7. The summed E-state index contributed by atoms with van der Waals surface area (Å²) in [5.74, 6) is -0.295. The molecule has 0 saturated carbocycles. The van der Waals surface area contributed by atoms with Gasteiger partial charge < -0.3 is 4.74 Å². The summed E-state index contributed by atoms with van der Waals surface area (Å²) in [7, 11) is 0. The van der Waals surface area contributed by atoms with Crippen LogP contribution in [-0.4, -0.2) is 12.6 Å². The van der Waals surface area contributed by atoms with Crippen molar-refractivity contribution in [2.75, 3.05) is 6.61 Å². The molecule has 2 nitrogen and oxygen atoms in total. The average Bonchev–Trinajstić information content (AvgIpc) is 2.51. The molecule has 0 aromatic heterocycles. The Bertz CT molecular complexity index is 482. The molecule has 0 aliphatic rings. The summed E-state index contributed by atoms with van der Waals surface area (Å²) < 4.78 is 4.71. The number of hydrogen-bond donors (Lipinski definition) is 0. The van der Waals surface area contributed by atoms with Gasteiger partial charge in [0.15, 0.2) is 0 Å². The van der Waals surface area contributed by atoms with Crippen LogP contribution in [0.5, 0.6) is 0 Å². The van der Waals surface area contributed by atoms with Gasteiger partial charge in [-0.2, -0.15) is 0 Å². The molecule has 1 rings (SSSR count). The smallest absolute Gasteiger partial charge is 0.333 e. The molecule has 0 aliphatic heterocycles. The number of rotatable bonds is 6. The standard InChI is InChI=1S/C12H12.C7H12O2/c1-2-3-4-6-9-12-10-7-5-8-11-12;1-4-5-9-7(8)6(2)3/h2-11H,1H2;2,4-5H2,1,3H3. The Kier molecular flexibility index (Phi) is 11.3. The van der Waals surface area contributed by atoms with Gasteiger partial charge in [0.1, 0.15) is 0 Å². The van der Waals surface area contributed by atoms with Crippen LogP contribution in [0.1, 0.15) is 25.8 Å². The summed E-state index contributed by atoms with van der Waals surface area (Å²) in [6.45, 7) is 11.1. The highest BCUT2D eigenvalue weighted by atomic mass is 16.5. The van der Waals surface area contributed by atoms with E-state index in [1.54, 1.807) is 13.0 Å². The summed E-state index contributed by atoms with van der Waals surface area (Å²) in [6.07, 6.45) is 10.5. The van der Waals surface area contributed by atoms with Gasteiger partial charge in [-0.15, -0.1) is 0 Å². The lowest BCUT2D eigenvalue weighted by Crippen LogP contribution is -2.04. The molecule has 0 saturated heterocycles. The van der Waals surface area contributed by atoms with Crippen molar-refractivity contribution in [3.63, 3.8) is 0 Å². The highest BCUT2D eigenvalue weighted by Gasteiger charge is 1.99. The van der Waals surface area contributed by atoms with E-state index in [9.17, 15) is 4.79 Å². The number of carbonyl (C=O) groups excluding carboxylic acids is 1. The highest BCUT2D eigenvalue weighted by molar-refractivity contribution is 5.86. The Morgan fingerprint density at radius 2 is 1.86 bits per heavy atom. The first-order chi connectivity index (χ1) is 10.1. The van der Waals surface area contributed by atoms with Gasteiger partial charge in [0, 0.05) is 5.57 Å². The Morgan fingerprint density at radius 3 is 2.38 bits per heavy atom. The normalized spacial score (nSPS) is 10.0. The molecular weight excluding hydrogens is 260 g/mol. The predicted octanol–water partition coefficient (Wildman–Crippen LogP) is 4.96. The van der Waals surface area contributed by atoms with Gasteiger partial charge in [-0.3, -0.25) is 0 Å². The fourth-order valence-corrected chi connectivity index (χ4v) is 1.19. The van der Waals surface area contributed by atoms with E-state index < -0.39 is 0 Å². The van der Waals surface area contributed by atoms with Crippen molar-refractivity contribution >= 4 is 12.0 Å². The summed E-state index contributed by atoms with van der Waals surface area (Å²) >= 11 is 0. The van der Waals surface area contributed by atoms with Crippen molar-refractivity contribution in [3.05, 3.63) is 78.9 Å². The van der Waals surface area contributed by atoms with Crippen molar-refractivity contribution in [3.8, 4) is 0 Å². The molecule has 2 heteroatoms. The van der Waals surface area contributed by atoms with Gasteiger partial charge >= 0.3 is 5.97 Å². The van der Waals surface area contributed by atoms with Crippen LogP contribution >= 0.6 is 0 Å². The molecule has 112 valence electrons. The average molecular weight is 284 g/mol. The van der Waals surface area contributed by atoms with Crippen molar-refractivity contribution in [2.24, 2.45) is 0 Å². The van der Waals surface area contributed by atoms with Crippen LogP contribution in [0.3, 0.4) is 0 Å². The van der Waals surface area contributed by atoms with Crippen LogP contribution in [-0.2, 0) is 9.53 Å². The molecule has 0 fully saturated rings.